The van der Waals surface area contributed by atoms with Gasteiger partial charge in [0.25, 0.3) is 0 Å². The minimum atomic E-state index is -3.66. The molecule has 0 radical (unpaired) electrons. The van der Waals surface area contributed by atoms with Gasteiger partial charge in [0.05, 0.1) is 4.90 Å². The van der Waals surface area contributed by atoms with Crippen molar-refractivity contribution in [2.24, 2.45) is 5.41 Å². The van der Waals surface area contributed by atoms with Crippen LogP contribution in [0.4, 0.5) is 4.39 Å². The lowest BCUT2D eigenvalue weighted by atomic mass is 9.83. The quantitative estimate of drug-likeness (QED) is 0.791. The maximum atomic E-state index is 13.9. The van der Waals surface area contributed by atoms with E-state index in [9.17, 15) is 12.8 Å². The predicted octanol–water partition coefficient (Wildman–Crippen LogP) is 3.68. The van der Waals surface area contributed by atoms with E-state index < -0.39 is 15.8 Å². The van der Waals surface area contributed by atoms with Gasteiger partial charge in [0, 0.05) is 24.5 Å². The molecule has 1 aromatic carbocycles. The van der Waals surface area contributed by atoms with Gasteiger partial charge in [-0.05, 0) is 42.9 Å². The number of benzene rings is 1. The predicted molar refractivity (Wildman–Crippen MR) is 82.5 cm³/mol. The Morgan fingerprint density at radius 2 is 1.86 bits per heavy atom. The molecule has 1 fully saturated rings. The van der Waals surface area contributed by atoms with Gasteiger partial charge in [-0.2, -0.15) is 4.31 Å². The molecule has 1 aromatic rings. The first-order valence-corrected chi connectivity index (χ1v) is 9.00. The number of alkyl halides is 1. The molecule has 0 aliphatic carbocycles. The van der Waals surface area contributed by atoms with E-state index in [0.29, 0.717) is 18.7 Å². The molecule has 0 saturated carbocycles. The molecule has 1 saturated heterocycles. The molecule has 1 aliphatic rings. The molecule has 0 amide bonds. The second-order valence-corrected chi connectivity index (χ2v) is 8.58. The summed E-state index contributed by atoms with van der Waals surface area (Å²) in [5.41, 5.74) is 0.800. The molecule has 6 heteroatoms. The first-order valence-electron chi connectivity index (χ1n) is 7.02. The van der Waals surface area contributed by atoms with Gasteiger partial charge < -0.3 is 0 Å². The first kappa shape index (κ1) is 16.7. The molecule has 0 bridgehead atoms. The Labute approximate surface area is 131 Å². The zero-order chi connectivity index (χ0) is 15.8. The maximum absolute atomic E-state index is 13.9. The first-order chi connectivity index (χ1) is 9.67. The minimum absolute atomic E-state index is 0.0397. The Morgan fingerprint density at radius 3 is 2.38 bits per heavy atom. The lowest BCUT2D eigenvalue weighted by Gasteiger charge is -2.36. The third kappa shape index (κ3) is 3.41. The molecule has 2 rings (SSSR count). The average Bonchev–Trinajstić information content (AvgIpc) is 2.41. The van der Waals surface area contributed by atoms with Crippen LogP contribution in [-0.2, 0) is 15.9 Å². The zero-order valence-corrected chi connectivity index (χ0v) is 14.2. The van der Waals surface area contributed by atoms with Gasteiger partial charge in [-0.25, -0.2) is 12.8 Å². The average molecular weight is 334 g/mol. The van der Waals surface area contributed by atoms with Crippen molar-refractivity contribution in [1.82, 2.24) is 4.31 Å². The summed E-state index contributed by atoms with van der Waals surface area (Å²) in [5.74, 6) is -0.434. The summed E-state index contributed by atoms with van der Waals surface area (Å²) in [5, 5.41) is 0. The van der Waals surface area contributed by atoms with Crippen LogP contribution in [-0.4, -0.2) is 25.8 Å². The van der Waals surface area contributed by atoms with Crippen LogP contribution in [0.5, 0.6) is 0 Å². The van der Waals surface area contributed by atoms with E-state index in [2.05, 4.69) is 13.8 Å². The van der Waals surface area contributed by atoms with Gasteiger partial charge in [-0.15, -0.1) is 11.6 Å². The molecule has 21 heavy (non-hydrogen) atoms. The highest BCUT2D eigenvalue weighted by Gasteiger charge is 2.34. The number of hydrogen-bond donors (Lipinski definition) is 0. The fourth-order valence-electron chi connectivity index (χ4n) is 2.52. The Morgan fingerprint density at radius 1 is 1.29 bits per heavy atom. The van der Waals surface area contributed by atoms with E-state index in [1.807, 2.05) is 0 Å². The molecular formula is C15H21ClFNO2S. The summed E-state index contributed by atoms with van der Waals surface area (Å²) in [7, 11) is -3.66. The van der Waals surface area contributed by atoms with Crippen molar-refractivity contribution in [2.75, 3.05) is 13.1 Å². The minimum Gasteiger partial charge on any atom is -0.207 e. The summed E-state index contributed by atoms with van der Waals surface area (Å²) < 4.78 is 40.9. The molecule has 118 valence electrons. The van der Waals surface area contributed by atoms with Crippen molar-refractivity contribution < 1.29 is 12.8 Å². The number of nitrogens with zero attached hydrogens (tertiary/aromatic N) is 1. The Balaban J connectivity index is 2.39. The van der Waals surface area contributed by atoms with Gasteiger partial charge in [-0.1, -0.05) is 13.8 Å². The summed E-state index contributed by atoms with van der Waals surface area (Å²) in [6.07, 6.45) is 1.62. The standard InChI is InChI=1S/C15H21ClFNO2S/c1-11-13(17)8-12(10-16)9-14(11)21(19,20)18-6-4-15(2,3)5-7-18/h8-9H,4-7,10H2,1-3H3. The van der Waals surface area contributed by atoms with E-state index in [1.54, 1.807) is 0 Å². The third-order valence-corrected chi connectivity index (χ3v) is 6.54. The molecule has 0 spiro atoms. The monoisotopic (exact) mass is 333 g/mol. The van der Waals surface area contributed by atoms with E-state index in [4.69, 9.17) is 11.6 Å². The van der Waals surface area contributed by atoms with Crippen LogP contribution in [0.15, 0.2) is 17.0 Å². The van der Waals surface area contributed by atoms with Crippen molar-refractivity contribution in [3.8, 4) is 0 Å². The number of piperidine rings is 1. The highest BCUT2D eigenvalue weighted by Crippen LogP contribution is 2.33. The van der Waals surface area contributed by atoms with E-state index in [-0.39, 0.29) is 21.8 Å². The molecule has 3 nitrogen and oxygen atoms in total. The maximum Gasteiger partial charge on any atom is 0.243 e. The fourth-order valence-corrected chi connectivity index (χ4v) is 4.40. The van der Waals surface area contributed by atoms with Gasteiger partial charge in [0.2, 0.25) is 10.0 Å². The molecule has 1 aliphatic heterocycles. The second kappa shape index (κ2) is 5.86. The van der Waals surface area contributed by atoms with Crippen LogP contribution in [0.3, 0.4) is 0 Å². The Bertz CT molecular complexity index is 633. The van der Waals surface area contributed by atoms with Crippen LogP contribution < -0.4 is 0 Å². The third-order valence-electron chi connectivity index (χ3n) is 4.20. The van der Waals surface area contributed by atoms with Crippen molar-refractivity contribution in [2.45, 2.75) is 44.4 Å². The van der Waals surface area contributed by atoms with Crippen molar-refractivity contribution in [3.05, 3.63) is 29.1 Å². The lowest BCUT2D eigenvalue weighted by Crippen LogP contribution is -2.41. The number of halogens is 2. The molecule has 0 N–H and O–H groups in total. The number of sulfonamides is 1. The molecule has 1 heterocycles. The summed E-state index contributed by atoms with van der Waals surface area (Å²) in [4.78, 5) is 0.0397. The van der Waals surface area contributed by atoms with Crippen molar-refractivity contribution in [1.29, 1.82) is 0 Å². The van der Waals surface area contributed by atoms with Crippen molar-refractivity contribution >= 4 is 21.6 Å². The lowest BCUT2D eigenvalue weighted by molar-refractivity contribution is 0.195. The van der Waals surface area contributed by atoms with Crippen molar-refractivity contribution in [3.63, 3.8) is 0 Å². The largest absolute Gasteiger partial charge is 0.243 e. The van der Waals surface area contributed by atoms with E-state index in [1.165, 1.54) is 23.4 Å². The normalized spacial score (nSPS) is 19.7. The summed E-state index contributed by atoms with van der Waals surface area (Å²) in [6.45, 7) is 6.71. The Kier molecular flexibility index (Phi) is 4.66. The highest BCUT2D eigenvalue weighted by atomic mass is 35.5. The van der Waals surface area contributed by atoms with Gasteiger partial charge in [0.1, 0.15) is 5.82 Å². The van der Waals surface area contributed by atoms with Crippen LogP contribution in [0.25, 0.3) is 0 Å². The van der Waals surface area contributed by atoms with Crippen LogP contribution in [0.2, 0.25) is 0 Å². The van der Waals surface area contributed by atoms with Gasteiger partial charge >= 0.3 is 0 Å². The van der Waals surface area contributed by atoms with E-state index >= 15 is 0 Å². The van der Waals surface area contributed by atoms with E-state index in [0.717, 1.165) is 12.8 Å². The topological polar surface area (TPSA) is 37.4 Å². The fraction of sp³-hybridized carbons (Fsp3) is 0.600. The number of hydrogen-bond acceptors (Lipinski definition) is 2. The molecular weight excluding hydrogens is 313 g/mol. The highest BCUT2D eigenvalue weighted by molar-refractivity contribution is 7.89. The van der Waals surface area contributed by atoms with Crippen LogP contribution >= 0.6 is 11.6 Å². The van der Waals surface area contributed by atoms with Gasteiger partial charge in [-0.3, -0.25) is 0 Å². The smallest absolute Gasteiger partial charge is 0.207 e. The van der Waals surface area contributed by atoms with Gasteiger partial charge in [0.15, 0.2) is 0 Å². The summed E-state index contributed by atoms with van der Waals surface area (Å²) in [6, 6.07) is 2.78. The van der Waals surface area contributed by atoms with Crippen LogP contribution in [0, 0.1) is 18.2 Å². The Hall–Kier alpha value is -0.650. The van der Waals surface area contributed by atoms with Crippen LogP contribution in [0.1, 0.15) is 37.8 Å². The molecule has 0 unspecified atom stereocenters. The molecule has 0 atom stereocenters. The zero-order valence-electron chi connectivity index (χ0n) is 12.6. The number of rotatable bonds is 3. The molecule has 0 aromatic heterocycles. The summed E-state index contributed by atoms with van der Waals surface area (Å²) >= 11 is 5.72. The SMILES string of the molecule is Cc1c(F)cc(CCl)cc1S(=O)(=O)N1CCC(C)(C)CC1. The second-order valence-electron chi connectivity index (χ2n) is 6.40.